The first kappa shape index (κ1) is 25.0. The van der Waals surface area contributed by atoms with Crippen LogP contribution in [0, 0.1) is 0 Å². The van der Waals surface area contributed by atoms with Crippen molar-refractivity contribution in [3.05, 3.63) is 158 Å². The van der Waals surface area contributed by atoms with Gasteiger partial charge in [-0.05, 0) is 40.5 Å². The van der Waals surface area contributed by atoms with Gasteiger partial charge in [-0.3, -0.25) is 0 Å². The molecular formula is C40H26N2O. The number of rotatable bonds is 5. The molecule has 0 spiro atoms. The largest absolute Gasteiger partial charge is 0.455 e. The molecule has 0 aliphatic carbocycles. The van der Waals surface area contributed by atoms with Crippen molar-refractivity contribution in [2.75, 3.05) is 0 Å². The highest BCUT2D eigenvalue weighted by Crippen LogP contribution is 2.43. The second-order valence-electron chi connectivity index (χ2n) is 10.6. The summed E-state index contributed by atoms with van der Waals surface area (Å²) in [6.45, 7) is 0. The SMILES string of the molecule is c1ccc(-c2ccc(-c3ccc4c(oc5ccccc54)c3-c3cc(-c4ccccc4)nc(-c4ccccc4)n3)cc2)cc1. The molecule has 8 rings (SSSR count). The van der Waals surface area contributed by atoms with Crippen LogP contribution >= 0.6 is 0 Å². The van der Waals surface area contributed by atoms with E-state index >= 15 is 0 Å². The minimum Gasteiger partial charge on any atom is -0.455 e. The molecule has 0 aliphatic rings. The Hall–Kier alpha value is -5.80. The molecule has 0 unspecified atom stereocenters. The van der Waals surface area contributed by atoms with Crippen LogP contribution in [0.1, 0.15) is 0 Å². The van der Waals surface area contributed by atoms with Crippen molar-refractivity contribution in [2.45, 2.75) is 0 Å². The van der Waals surface area contributed by atoms with E-state index in [9.17, 15) is 0 Å². The smallest absolute Gasteiger partial charge is 0.160 e. The summed E-state index contributed by atoms with van der Waals surface area (Å²) >= 11 is 0. The van der Waals surface area contributed by atoms with Gasteiger partial charge in [0.2, 0.25) is 0 Å². The van der Waals surface area contributed by atoms with Crippen molar-refractivity contribution in [1.82, 2.24) is 9.97 Å². The standard InChI is InChI=1S/C40H26N2O/c1-4-12-27(13-5-1)28-20-22-29(23-21-28)32-24-25-34-33-18-10-11-19-37(33)43-39(34)38(32)36-26-35(30-14-6-2-7-15-30)41-40(42-36)31-16-8-3-9-17-31/h1-26H. The molecule has 0 N–H and O–H groups in total. The van der Waals surface area contributed by atoms with Crippen LogP contribution in [-0.4, -0.2) is 9.97 Å². The van der Waals surface area contributed by atoms with Gasteiger partial charge < -0.3 is 4.42 Å². The van der Waals surface area contributed by atoms with E-state index in [2.05, 4.69) is 103 Å². The summed E-state index contributed by atoms with van der Waals surface area (Å²) in [7, 11) is 0. The Morgan fingerprint density at radius 2 is 0.953 bits per heavy atom. The highest BCUT2D eigenvalue weighted by molar-refractivity contribution is 6.12. The lowest BCUT2D eigenvalue weighted by atomic mass is 9.93. The fraction of sp³-hybridized carbons (Fsp3) is 0. The zero-order valence-corrected chi connectivity index (χ0v) is 23.3. The second kappa shape index (κ2) is 10.6. The average molecular weight is 551 g/mol. The summed E-state index contributed by atoms with van der Waals surface area (Å²) in [6, 6.07) is 54.3. The summed E-state index contributed by atoms with van der Waals surface area (Å²) < 4.78 is 6.62. The molecule has 0 radical (unpaired) electrons. The van der Waals surface area contributed by atoms with Crippen molar-refractivity contribution in [2.24, 2.45) is 0 Å². The molecule has 0 saturated heterocycles. The molecule has 2 heterocycles. The van der Waals surface area contributed by atoms with E-state index in [0.29, 0.717) is 5.82 Å². The molecule has 0 amide bonds. The molecule has 3 nitrogen and oxygen atoms in total. The third kappa shape index (κ3) is 4.58. The molecule has 0 atom stereocenters. The predicted octanol–water partition coefficient (Wildman–Crippen LogP) is 10.7. The highest BCUT2D eigenvalue weighted by Gasteiger charge is 2.21. The summed E-state index contributed by atoms with van der Waals surface area (Å²) in [5, 5.41) is 2.15. The van der Waals surface area contributed by atoms with Crippen LogP contribution in [0.25, 0.3) is 78.1 Å². The Morgan fingerprint density at radius 3 is 1.67 bits per heavy atom. The minimum atomic E-state index is 0.676. The maximum atomic E-state index is 6.62. The fourth-order valence-corrected chi connectivity index (χ4v) is 5.81. The van der Waals surface area contributed by atoms with E-state index in [4.69, 9.17) is 14.4 Å². The van der Waals surface area contributed by atoms with Crippen molar-refractivity contribution >= 4 is 21.9 Å². The summed E-state index contributed by atoms with van der Waals surface area (Å²) in [5.41, 5.74) is 10.8. The number of aromatic nitrogens is 2. The third-order valence-electron chi connectivity index (χ3n) is 7.93. The van der Waals surface area contributed by atoms with E-state index in [0.717, 1.165) is 61.1 Å². The van der Waals surface area contributed by atoms with E-state index < -0.39 is 0 Å². The van der Waals surface area contributed by atoms with Gasteiger partial charge in [-0.1, -0.05) is 140 Å². The van der Waals surface area contributed by atoms with Crippen molar-refractivity contribution in [3.8, 4) is 56.2 Å². The molecule has 0 aliphatic heterocycles. The van der Waals surface area contributed by atoms with Crippen LogP contribution in [0.4, 0.5) is 0 Å². The number of hydrogen-bond acceptors (Lipinski definition) is 3. The fourth-order valence-electron chi connectivity index (χ4n) is 5.81. The summed E-state index contributed by atoms with van der Waals surface area (Å²) in [5.74, 6) is 0.676. The maximum Gasteiger partial charge on any atom is 0.160 e. The van der Waals surface area contributed by atoms with Gasteiger partial charge in [-0.25, -0.2) is 9.97 Å². The molecule has 2 aromatic heterocycles. The molecule has 0 fully saturated rings. The van der Waals surface area contributed by atoms with Crippen LogP contribution in [0.2, 0.25) is 0 Å². The van der Waals surface area contributed by atoms with E-state index in [1.807, 2.05) is 54.6 Å². The molecule has 202 valence electrons. The molecule has 0 saturated carbocycles. The lowest BCUT2D eigenvalue weighted by Gasteiger charge is -2.14. The van der Waals surface area contributed by atoms with Crippen LogP contribution in [0.3, 0.4) is 0 Å². The lowest BCUT2D eigenvalue weighted by Crippen LogP contribution is -1.97. The molecule has 6 aromatic carbocycles. The Labute approximate surface area is 249 Å². The molecule has 3 heteroatoms. The Bertz CT molecular complexity index is 2140. The van der Waals surface area contributed by atoms with E-state index in [1.165, 1.54) is 11.1 Å². The third-order valence-corrected chi connectivity index (χ3v) is 7.93. The zero-order valence-electron chi connectivity index (χ0n) is 23.3. The van der Waals surface area contributed by atoms with Gasteiger partial charge in [0, 0.05) is 21.9 Å². The van der Waals surface area contributed by atoms with Gasteiger partial charge in [0.1, 0.15) is 11.2 Å². The van der Waals surface area contributed by atoms with Gasteiger partial charge in [0.25, 0.3) is 0 Å². The van der Waals surface area contributed by atoms with Gasteiger partial charge in [-0.2, -0.15) is 0 Å². The number of nitrogens with zero attached hydrogens (tertiary/aromatic N) is 2. The lowest BCUT2D eigenvalue weighted by molar-refractivity contribution is 0.670. The number of benzene rings is 6. The number of para-hydroxylation sites is 1. The topological polar surface area (TPSA) is 38.9 Å². The number of hydrogen-bond donors (Lipinski definition) is 0. The Balaban J connectivity index is 1.40. The van der Waals surface area contributed by atoms with Crippen molar-refractivity contribution in [1.29, 1.82) is 0 Å². The van der Waals surface area contributed by atoms with Crippen LogP contribution < -0.4 is 0 Å². The monoisotopic (exact) mass is 550 g/mol. The van der Waals surface area contributed by atoms with E-state index in [1.54, 1.807) is 0 Å². The van der Waals surface area contributed by atoms with Crippen LogP contribution in [0.5, 0.6) is 0 Å². The van der Waals surface area contributed by atoms with Crippen molar-refractivity contribution in [3.63, 3.8) is 0 Å². The van der Waals surface area contributed by atoms with Crippen LogP contribution in [0.15, 0.2) is 162 Å². The predicted molar refractivity (Wildman–Crippen MR) is 176 cm³/mol. The molecule has 8 aromatic rings. The molecule has 43 heavy (non-hydrogen) atoms. The molecule has 0 bridgehead atoms. The second-order valence-corrected chi connectivity index (χ2v) is 10.6. The zero-order chi connectivity index (χ0) is 28.6. The maximum absolute atomic E-state index is 6.62. The van der Waals surface area contributed by atoms with Gasteiger partial charge in [0.15, 0.2) is 5.82 Å². The normalized spacial score (nSPS) is 11.3. The van der Waals surface area contributed by atoms with Crippen LogP contribution in [-0.2, 0) is 0 Å². The molecular weight excluding hydrogens is 524 g/mol. The number of furan rings is 1. The summed E-state index contributed by atoms with van der Waals surface area (Å²) in [4.78, 5) is 10.2. The summed E-state index contributed by atoms with van der Waals surface area (Å²) in [6.07, 6.45) is 0. The first-order valence-corrected chi connectivity index (χ1v) is 14.4. The first-order chi connectivity index (χ1) is 21.3. The first-order valence-electron chi connectivity index (χ1n) is 14.4. The Kier molecular flexibility index (Phi) is 6.12. The van der Waals surface area contributed by atoms with Gasteiger partial charge in [-0.15, -0.1) is 0 Å². The quantitative estimate of drug-likeness (QED) is 0.214. The minimum absolute atomic E-state index is 0.676. The Morgan fingerprint density at radius 1 is 0.395 bits per heavy atom. The highest BCUT2D eigenvalue weighted by atomic mass is 16.3. The number of fused-ring (bicyclic) bond motifs is 3. The van der Waals surface area contributed by atoms with Crippen molar-refractivity contribution < 1.29 is 4.42 Å². The van der Waals surface area contributed by atoms with Gasteiger partial charge >= 0.3 is 0 Å². The van der Waals surface area contributed by atoms with Gasteiger partial charge in [0.05, 0.1) is 17.0 Å². The average Bonchev–Trinajstić information content (AvgIpc) is 3.48. The van der Waals surface area contributed by atoms with E-state index in [-0.39, 0.29) is 0 Å².